The second-order valence-corrected chi connectivity index (χ2v) is 6.06. The first kappa shape index (κ1) is 15.2. The van der Waals surface area contributed by atoms with Gasteiger partial charge in [-0.1, -0.05) is 32.4 Å². The van der Waals surface area contributed by atoms with Crippen molar-refractivity contribution in [3.63, 3.8) is 0 Å². The van der Waals surface area contributed by atoms with Gasteiger partial charge in [0.25, 0.3) is 0 Å². The van der Waals surface area contributed by atoms with Gasteiger partial charge in [-0.3, -0.25) is 0 Å². The Bertz CT molecular complexity index is 444. The molecule has 0 aliphatic heterocycles. The summed E-state index contributed by atoms with van der Waals surface area (Å²) in [6.07, 6.45) is 2.86. The van der Waals surface area contributed by atoms with Crippen molar-refractivity contribution in [1.29, 1.82) is 0 Å². The normalized spacial score (nSPS) is 27.9. The molecule has 3 nitrogen and oxygen atoms in total. The van der Waals surface area contributed by atoms with Gasteiger partial charge in [-0.15, -0.1) is 0 Å². The summed E-state index contributed by atoms with van der Waals surface area (Å²) < 4.78 is 10.8. The van der Waals surface area contributed by atoms with E-state index >= 15 is 0 Å². The molecule has 1 fully saturated rings. The Labute approximate surface area is 121 Å². The number of methoxy groups -OCH3 is 2. The van der Waals surface area contributed by atoms with Crippen LogP contribution >= 0.6 is 0 Å². The van der Waals surface area contributed by atoms with Crippen molar-refractivity contribution in [3.05, 3.63) is 23.8 Å². The van der Waals surface area contributed by atoms with Crippen molar-refractivity contribution in [1.82, 2.24) is 0 Å². The molecule has 0 bridgehead atoms. The third kappa shape index (κ3) is 2.93. The monoisotopic (exact) mass is 278 g/mol. The highest BCUT2D eigenvalue weighted by molar-refractivity contribution is 5.47. The molecule has 0 amide bonds. The lowest BCUT2D eigenvalue weighted by molar-refractivity contribution is 0.0541. The molecule has 0 radical (unpaired) electrons. The smallest absolute Gasteiger partial charge is 0.166 e. The number of aliphatic hydroxyl groups excluding tert-OH is 1. The Hall–Kier alpha value is -1.22. The maximum atomic E-state index is 10.7. The van der Waals surface area contributed by atoms with Gasteiger partial charge in [-0.25, -0.2) is 0 Å². The Morgan fingerprint density at radius 2 is 1.85 bits per heavy atom. The topological polar surface area (TPSA) is 38.7 Å². The van der Waals surface area contributed by atoms with Crippen molar-refractivity contribution in [3.8, 4) is 11.5 Å². The summed E-state index contributed by atoms with van der Waals surface area (Å²) in [5, 5.41) is 10.7. The van der Waals surface area contributed by atoms with E-state index in [1.54, 1.807) is 14.2 Å². The number of benzene rings is 1. The van der Waals surface area contributed by atoms with Gasteiger partial charge in [0.15, 0.2) is 11.5 Å². The van der Waals surface area contributed by atoms with Crippen LogP contribution in [0.25, 0.3) is 0 Å². The second kappa shape index (κ2) is 6.49. The molecule has 112 valence electrons. The Balaban J connectivity index is 2.23. The molecule has 4 unspecified atom stereocenters. The number of ether oxygens (including phenoxy) is 2. The SMILES string of the molecule is COc1cccc(C(O)C2CCC(C)C(C)C2)c1OC. The molecule has 1 saturated carbocycles. The fourth-order valence-electron chi connectivity index (χ4n) is 3.27. The molecule has 3 heteroatoms. The molecule has 0 aromatic heterocycles. The average Bonchev–Trinajstić information content (AvgIpc) is 2.48. The summed E-state index contributed by atoms with van der Waals surface area (Å²) in [6.45, 7) is 4.59. The lowest BCUT2D eigenvalue weighted by Crippen LogP contribution is -2.25. The van der Waals surface area contributed by atoms with Gasteiger partial charge >= 0.3 is 0 Å². The van der Waals surface area contributed by atoms with Gasteiger partial charge in [-0.05, 0) is 36.7 Å². The summed E-state index contributed by atoms with van der Waals surface area (Å²) in [5.41, 5.74) is 0.846. The summed E-state index contributed by atoms with van der Waals surface area (Å²) >= 11 is 0. The van der Waals surface area contributed by atoms with E-state index in [-0.39, 0.29) is 0 Å². The Kier molecular flexibility index (Phi) is 4.92. The van der Waals surface area contributed by atoms with Gasteiger partial charge in [0.1, 0.15) is 0 Å². The van der Waals surface area contributed by atoms with Crippen LogP contribution in [-0.2, 0) is 0 Å². The minimum Gasteiger partial charge on any atom is -0.493 e. The molecule has 0 heterocycles. The fraction of sp³-hybridized carbons (Fsp3) is 0.647. The zero-order valence-corrected chi connectivity index (χ0v) is 12.9. The average molecular weight is 278 g/mol. The van der Waals surface area contributed by atoms with Gasteiger partial charge in [0.05, 0.1) is 20.3 Å². The highest BCUT2D eigenvalue weighted by atomic mass is 16.5. The lowest BCUT2D eigenvalue weighted by Gasteiger charge is -2.35. The van der Waals surface area contributed by atoms with E-state index < -0.39 is 6.10 Å². The van der Waals surface area contributed by atoms with Crippen LogP contribution in [0.3, 0.4) is 0 Å². The molecule has 0 saturated heterocycles. The first-order valence-electron chi connectivity index (χ1n) is 7.47. The van der Waals surface area contributed by atoms with E-state index in [1.807, 2.05) is 18.2 Å². The maximum absolute atomic E-state index is 10.7. The predicted molar refractivity (Wildman–Crippen MR) is 80.2 cm³/mol. The molecular weight excluding hydrogens is 252 g/mol. The number of hydrogen-bond acceptors (Lipinski definition) is 3. The number of hydrogen-bond donors (Lipinski definition) is 1. The van der Waals surface area contributed by atoms with E-state index in [1.165, 1.54) is 6.42 Å². The van der Waals surface area contributed by atoms with Gasteiger partial charge in [0, 0.05) is 5.56 Å². The number of para-hydroxylation sites is 1. The van der Waals surface area contributed by atoms with E-state index in [0.29, 0.717) is 23.3 Å². The standard InChI is InChI=1S/C17H26O3/c1-11-8-9-13(10-12(11)2)16(18)14-6-5-7-15(19-3)17(14)20-4/h5-7,11-13,16,18H,8-10H2,1-4H3. The third-order valence-electron chi connectivity index (χ3n) is 4.84. The van der Waals surface area contributed by atoms with E-state index in [9.17, 15) is 5.11 Å². The molecule has 1 aliphatic rings. The highest BCUT2D eigenvalue weighted by Crippen LogP contribution is 2.43. The van der Waals surface area contributed by atoms with Crippen LogP contribution < -0.4 is 9.47 Å². The van der Waals surface area contributed by atoms with Gasteiger partial charge in [0.2, 0.25) is 0 Å². The van der Waals surface area contributed by atoms with Crippen LogP contribution in [0.2, 0.25) is 0 Å². The lowest BCUT2D eigenvalue weighted by atomic mass is 9.73. The van der Waals surface area contributed by atoms with Crippen LogP contribution in [0.15, 0.2) is 18.2 Å². The summed E-state index contributed by atoms with van der Waals surface area (Å²) in [6, 6.07) is 5.71. The van der Waals surface area contributed by atoms with Crippen LogP contribution in [0.5, 0.6) is 11.5 Å². The van der Waals surface area contributed by atoms with Crippen molar-refractivity contribution in [2.75, 3.05) is 14.2 Å². The van der Waals surface area contributed by atoms with Crippen LogP contribution in [0, 0.1) is 17.8 Å². The number of aliphatic hydroxyl groups is 1. The predicted octanol–water partition coefficient (Wildman–Crippen LogP) is 3.81. The number of rotatable bonds is 4. The molecule has 1 aliphatic carbocycles. The maximum Gasteiger partial charge on any atom is 0.166 e. The minimum absolute atomic E-state index is 0.308. The summed E-state index contributed by atoms with van der Waals surface area (Å²) in [4.78, 5) is 0. The molecule has 1 aromatic rings. The largest absolute Gasteiger partial charge is 0.493 e. The third-order valence-corrected chi connectivity index (χ3v) is 4.84. The van der Waals surface area contributed by atoms with Crippen molar-refractivity contribution in [2.45, 2.75) is 39.2 Å². The molecule has 2 rings (SSSR count). The summed E-state index contributed by atoms with van der Waals surface area (Å²) in [7, 11) is 3.25. The van der Waals surface area contributed by atoms with E-state index in [0.717, 1.165) is 24.3 Å². The second-order valence-electron chi connectivity index (χ2n) is 6.06. The zero-order chi connectivity index (χ0) is 14.7. The molecule has 4 atom stereocenters. The molecular formula is C17H26O3. The van der Waals surface area contributed by atoms with E-state index in [2.05, 4.69) is 13.8 Å². The van der Waals surface area contributed by atoms with Gasteiger partial charge in [-0.2, -0.15) is 0 Å². The molecule has 1 N–H and O–H groups in total. The van der Waals surface area contributed by atoms with Crippen molar-refractivity contribution >= 4 is 0 Å². The Morgan fingerprint density at radius 1 is 1.10 bits per heavy atom. The molecule has 1 aromatic carbocycles. The fourth-order valence-corrected chi connectivity index (χ4v) is 3.27. The quantitative estimate of drug-likeness (QED) is 0.910. The first-order chi connectivity index (χ1) is 9.58. The molecule has 20 heavy (non-hydrogen) atoms. The van der Waals surface area contributed by atoms with Crippen LogP contribution in [0.4, 0.5) is 0 Å². The van der Waals surface area contributed by atoms with Crippen LogP contribution in [-0.4, -0.2) is 19.3 Å². The minimum atomic E-state index is -0.477. The first-order valence-corrected chi connectivity index (χ1v) is 7.47. The van der Waals surface area contributed by atoms with Crippen LogP contribution in [0.1, 0.15) is 44.8 Å². The zero-order valence-electron chi connectivity index (χ0n) is 12.9. The molecule has 0 spiro atoms. The van der Waals surface area contributed by atoms with E-state index in [4.69, 9.17) is 9.47 Å². The van der Waals surface area contributed by atoms with Gasteiger partial charge < -0.3 is 14.6 Å². The Morgan fingerprint density at radius 3 is 2.45 bits per heavy atom. The highest BCUT2D eigenvalue weighted by Gasteiger charge is 2.31. The summed E-state index contributed by atoms with van der Waals surface area (Å²) in [5.74, 6) is 3.07. The van der Waals surface area contributed by atoms with Crippen molar-refractivity contribution < 1.29 is 14.6 Å². The van der Waals surface area contributed by atoms with Crippen molar-refractivity contribution in [2.24, 2.45) is 17.8 Å².